The largest absolute Gasteiger partial charge is 0.466 e. The molecule has 1 N–H and O–H groups in total. The fourth-order valence-corrected chi connectivity index (χ4v) is 2.34. The first-order valence-corrected chi connectivity index (χ1v) is 8.23. The summed E-state index contributed by atoms with van der Waals surface area (Å²) in [4.78, 5) is 49.4. The van der Waals surface area contributed by atoms with E-state index in [1.807, 2.05) is 0 Å². The standard InChI is InChI=1S/C17H26N2O7/c1-12(20)18-7-9-19(10-8-18)16(24)15(23)17(2,3)11-26-14(22)6-5-13(21)25-4/h5-6,15,23H,7-11H2,1-4H3/b6-5+/t15-/m0/s1. The molecule has 1 fully saturated rings. The maximum absolute atomic E-state index is 12.5. The van der Waals surface area contributed by atoms with Gasteiger partial charge in [-0.15, -0.1) is 0 Å². The van der Waals surface area contributed by atoms with Gasteiger partial charge in [0.25, 0.3) is 5.91 Å². The highest BCUT2D eigenvalue weighted by Gasteiger charge is 2.38. The van der Waals surface area contributed by atoms with Crippen LogP contribution in [0.15, 0.2) is 12.2 Å². The van der Waals surface area contributed by atoms with Crippen LogP contribution in [0.25, 0.3) is 0 Å². The van der Waals surface area contributed by atoms with Crippen LogP contribution in [0.4, 0.5) is 0 Å². The maximum atomic E-state index is 12.5. The number of methoxy groups -OCH3 is 1. The Bertz CT molecular complexity index is 578. The number of carbonyl (C=O) groups excluding carboxylic acids is 4. The van der Waals surface area contributed by atoms with Crippen molar-refractivity contribution in [1.82, 2.24) is 9.80 Å². The Labute approximate surface area is 152 Å². The molecule has 0 radical (unpaired) electrons. The van der Waals surface area contributed by atoms with Gasteiger partial charge in [0.05, 0.1) is 13.7 Å². The van der Waals surface area contributed by atoms with E-state index in [-0.39, 0.29) is 12.5 Å². The predicted octanol–water partition coefficient (Wildman–Crippen LogP) is -0.663. The minimum Gasteiger partial charge on any atom is -0.466 e. The van der Waals surface area contributed by atoms with E-state index in [1.165, 1.54) is 18.9 Å². The highest BCUT2D eigenvalue weighted by atomic mass is 16.5. The molecule has 9 nitrogen and oxygen atoms in total. The van der Waals surface area contributed by atoms with Crippen molar-refractivity contribution in [2.45, 2.75) is 26.9 Å². The molecule has 0 unspecified atom stereocenters. The van der Waals surface area contributed by atoms with E-state index < -0.39 is 29.4 Å². The lowest BCUT2D eigenvalue weighted by molar-refractivity contribution is -0.156. The molecular weight excluding hydrogens is 344 g/mol. The smallest absolute Gasteiger partial charge is 0.331 e. The molecule has 0 aliphatic carbocycles. The summed E-state index contributed by atoms with van der Waals surface area (Å²) in [6.07, 6.45) is 0.464. The minimum atomic E-state index is -1.37. The number of nitrogens with zero attached hydrogens (tertiary/aromatic N) is 2. The van der Waals surface area contributed by atoms with E-state index in [4.69, 9.17) is 4.74 Å². The zero-order valence-corrected chi connectivity index (χ0v) is 15.6. The Kier molecular flexibility index (Phi) is 7.76. The van der Waals surface area contributed by atoms with Gasteiger partial charge in [0.1, 0.15) is 6.10 Å². The fourth-order valence-electron chi connectivity index (χ4n) is 2.34. The quantitative estimate of drug-likeness (QED) is 0.487. The molecule has 9 heteroatoms. The molecule has 1 aliphatic rings. The second kappa shape index (κ2) is 9.33. The summed E-state index contributed by atoms with van der Waals surface area (Å²) < 4.78 is 9.35. The number of aliphatic hydroxyl groups is 1. The van der Waals surface area contributed by atoms with Crippen molar-refractivity contribution >= 4 is 23.8 Å². The number of hydrogen-bond acceptors (Lipinski definition) is 7. The highest BCUT2D eigenvalue weighted by Crippen LogP contribution is 2.23. The average Bonchev–Trinajstić information content (AvgIpc) is 2.63. The number of esters is 2. The van der Waals surface area contributed by atoms with Crippen molar-refractivity contribution in [3.8, 4) is 0 Å². The monoisotopic (exact) mass is 370 g/mol. The molecule has 1 saturated heterocycles. The molecule has 0 bridgehead atoms. The summed E-state index contributed by atoms with van der Waals surface area (Å²) in [7, 11) is 1.18. The molecule has 0 spiro atoms. The van der Waals surface area contributed by atoms with E-state index in [0.29, 0.717) is 26.2 Å². The van der Waals surface area contributed by atoms with E-state index in [1.54, 1.807) is 18.7 Å². The summed E-state index contributed by atoms with van der Waals surface area (Å²) in [5.74, 6) is -2.00. The molecule has 2 amide bonds. The third kappa shape index (κ3) is 6.14. The van der Waals surface area contributed by atoms with Crippen LogP contribution >= 0.6 is 0 Å². The Hall–Kier alpha value is -2.42. The van der Waals surface area contributed by atoms with Crippen molar-refractivity contribution in [3.63, 3.8) is 0 Å². The van der Waals surface area contributed by atoms with Crippen LogP contribution < -0.4 is 0 Å². The molecule has 0 saturated carbocycles. The second-order valence-corrected chi connectivity index (χ2v) is 6.69. The van der Waals surface area contributed by atoms with Gasteiger partial charge in [-0.2, -0.15) is 0 Å². The Morgan fingerprint density at radius 1 is 1.04 bits per heavy atom. The van der Waals surface area contributed by atoms with Crippen molar-refractivity contribution < 1.29 is 33.8 Å². The zero-order chi connectivity index (χ0) is 19.9. The van der Waals surface area contributed by atoms with Gasteiger partial charge >= 0.3 is 11.9 Å². The summed E-state index contributed by atoms with van der Waals surface area (Å²) >= 11 is 0. The van der Waals surface area contributed by atoms with E-state index in [9.17, 15) is 24.3 Å². The molecule has 0 aromatic heterocycles. The topological polar surface area (TPSA) is 113 Å². The molecule has 26 heavy (non-hydrogen) atoms. The van der Waals surface area contributed by atoms with Crippen LogP contribution in [0.1, 0.15) is 20.8 Å². The van der Waals surface area contributed by atoms with E-state index in [0.717, 1.165) is 12.2 Å². The van der Waals surface area contributed by atoms with E-state index >= 15 is 0 Å². The number of piperazine rings is 1. The van der Waals surface area contributed by atoms with Gasteiger partial charge in [-0.1, -0.05) is 13.8 Å². The molecule has 0 aromatic carbocycles. The van der Waals surface area contributed by atoms with Gasteiger partial charge in [-0.05, 0) is 0 Å². The SMILES string of the molecule is COC(=O)/C=C/C(=O)OCC(C)(C)[C@@H](O)C(=O)N1CCN(C(C)=O)CC1. The summed E-state index contributed by atoms with van der Waals surface area (Å²) in [5.41, 5.74) is -1.02. The predicted molar refractivity (Wildman–Crippen MR) is 90.7 cm³/mol. The second-order valence-electron chi connectivity index (χ2n) is 6.69. The van der Waals surface area contributed by atoms with Gasteiger partial charge in [0.2, 0.25) is 5.91 Å². The third-order valence-electron chi connectivity index (χ3n) is 4.15. The van der Waals surface area contributed by atoms with Gasteiger partial charge in [-0.3, -0.25) is 9.59 Å². The number of hydrogen-bond donors (Lipinski definition) is 1. The number of aliphatic hydroxyl groups excluding tert-OH is 1. The Morgan fingerprint density at radius 2 is 1.54 bits per heavy atom. The third-order valence-corrected chi connectivity index (χ3v) is 4.15. The van der Waals surface area contributed by atoms with Gasteiger partial charge < -0.3 is 24.4 Å². The molecule has 0 aromatic rings. The molecule has 1 heterocycles. The number of amides is 2. The van der Waals surface area contributed by atoms with Crippen LogP contribution in [0.5, 0.6) is 0 Å². The van der Waals surface area contributed by atoms with E-state index in [2.05, 4.69) is 4.74 Å². The average molecular weight is 370 g/mol. The molecular formula is C17H26N2O7. The Balaban J connectivity index is 2.55. The lowest BCUT2D eigenvalue weighted by Gasteiger charge is -2.38. The van der Waals surface area contributed by atoms with Crippen molar-refractivity contribution in [1.29, 1.82) is 0 Å². The fraction of sp³-hybridized carbons (Fsp3) is 0.647. The Morgan fingerprint density at radius 3 is 2.04 bits per heavy atom. The molecule has 146 valence electrons. The number of rotatable bonds is 6. The first-order valence-electron chi connectivity index (χ1n) is 8.23. The van der Waals surface area contributed by atoms with Crippen LogP contribution in [0.2, 0.25) is 0 Å². The van der Waals surface area contributed by atoms with Gasteiger partial charge in [0.15, 0.2) is 0 Å². The minimum absolute atomic E-state index is 0.0510. The molecule has 1 rings (SSSR count). The number of ether oxygens (including phenoxy) is 2. The summed E-state index contributed by atoms with van der Waals surface area (Å²) in [6.45, 7) is 5.97. The first-order chi connectivity index (χ1) is 12.1. The van der Waals surface area contributed by atoms with Crippen LogP contribution in [0, 0.1) is 5.41 Å². The lowest BCUT2D eigenvalue weighted by atomic mass is 9.86. The van der Waals surface area contributed by atoms with Crippen LogP contribution in [0.3, 0.4) is 0 Å². The zero-order valence-electron chi connectivity index (χ0n) is 15.6. The molecule has 1 aliphatic heterocycles. The van der Waals surface area contributed by atoms with Crippen LogP contribution in [-0.4, -0.2) is 84.7 Å². The van der Waals surface area contributed by atoms with Crippen molar-refractivity contribution in [2.24, 2.45) is 5.41 Å². The van der Waals surface area contributed by atoms with Crippen molar-refractivity contribution in [2.75, 3.05) is 39.9 Å². The van der Waals surface area contributed by atoms with Gasteiger partial charge in [-0.25, -0.2) is 9.59 Å². The summed E-state index contributed by atoms with van der Waals surface area (Å²) in [6, 6.07) is 0. The maximum Gasteiger partial charge on any atom is 0.331 e. The van der Waals surface area contributed by atoms with Gasteiger partial charge in [0, 0.05) is 50.7 Å². The van der Waals surface area contributed by atoms with Crippen molar-refractivity contribution in [3.05, 3.63) is 12.2 Å². The van der Waals surface area contributed by atoms with Crippen LogP contribution in [-0.2, 0) is 28.7 Å². The summed E-state index contributed by atoms with van der Waals surface area (Å²) in [5, 5.41) is 10.4. The number of carbonyl (C=O) groups is 4. The highest BCUT2D eigenvalue weighted by molar-refractivity contribution is 5.91. The lowest BCUT2D eigenvalue weighted by Crippen LogP contribution is -2.55. The normalized spacial score (nSPS) is 16.3. The molecule has 1 atom stereocenters. The first kappa shape index (κ1) is 21.6.